The molecule has 4 rings (SSSR count). The van der Waals surface area contributed by atoms with Crippen LogP contribution < -0.4 is 14.2 Å². The SMILES string of the molecule is Cc1cc(OC(=O)C(C)Oc2c(F)c(F)c(F)c(F)c2F)cc2c1C(=O)/C(=C/c1ccc(C(C)(C)C)cc1)O2. The highest BCUT2D eigenvalue weighted by Crippen LogP contribution is 2.38. The molecule has 0 aromatic heterocycles. The fourth-order valence-electron chi connectivity index (χ4n) is 3.88. The molecule has 0 fully saturated rings. The fraction of sp³-hybridized carbons (Fsp3) is 0.241. The molecule has 1 atom stereocenters. The maximum absolute atomic E-state index is 13.9. The average molecular weight is 546 g/mol. The standard InChI is InChI=1S/C29H23F5O5/c1-13-10-17(38-28(36)14(2)37-27-24(33)22(31)21(30)23(32)25(27)34)12-18-20(13)26(35)19(39-18)11-15-6-8-16(9-7-15)29(3,4)5/h6-12,14H,1-5H3/b19-11-. The van der Waals surface area contributed by atoms with Gasteiger partial charge >= 0.3 is 5.97 Å². The van der Waals surface area contributed by atoms with Crippen molar-refractivity contribution in [3.63, 3.8) is 0 Å². The van der Waals surface area contributed by atoms with E-state index in [2.05, 4.69) is 20.8 Å². The van der Waals surface area contributed by atoms with E-state index in [4.69, 9.17) is 14.2 Å². The Morgan fingerprint density at radius 3 is 2.05 bits per heavy atom. The van der Waals surface area contributed by atoms with Crippen LogP contribution in [0.3, 0.4) is 0 Å². The first-order valence-electron chi connectivity index (χ1n) is 11.8. The summed E-state index contributed by atoms with van der Waals surface area (Å²) in [5.74, 6) is -14.3. The van der Waals surface area contributed by atoms with Crippen molar-refractivity contribution in [3.8, 4) is 17.2 Å². The number of carbonyl (C=O) groups excluding carboxylic acids is 2. The topological polar surface area (TPSA) is 61.8 Å². The molecule has 1 heterocycles. The van der Waals surface area contributed by atoms with Crippen LogP contribution in [0, 0.1) is 36.0 Å². The van der Waals surface area contributed by atoms with Crippen LogP contribution in [0.25, 0.3) is 6.08 Å². The predicted molar refractivity (Wildman–Crippen MR) is 131 cm³/mol. The van der Waals surface area contributed by atoms with E-state index < -0.39 is 46.9 Å². The highest BCUT2D eigenvalue weighted by atomic mass is 19.2. The number of benzene rings is 3. The Kier molecular flexibility index (Phi) is 7.25. The molecule has 0 aliphatic carbocycles. The van der Waals surface area contributed by atoms with Crippen LogP contribution in [-0.2, 0) is 10.2 Å². The Balaban J connectivity index is 1.52. The molecule has 39 heavy (non-hydrogen) atoms. The summed E-state index contributed by atoms with van der Waals surface area (Å²) in [4.78, 5) is 25.4. The first kappa shape index (κ1) is 27.8. The summed E-state index contributed by atoms with van der Waals surface area (Å²) in [6, 6.07) is 10.3. The lowest BCUT2D eigenvalue weighted by molar-refractivity contribution is -0.141. The summed E-state index contributed by atoms with van der Waals surface area (Å²) < 4.78 is 83.5. The molecule has 1 aliphatic heterocycles. The number of Topliss-reactive ketones (excluding diaryl/α,β-unsaturated/α-hetero) is 1. The van der Waals surface area contributed by atoms with Gasteiger partial charge in [-0.3, -0.25) is 4.79 Å². The molecule has 0 saturated carbocycles. The van der Waals surface area contributed by atoms with Crippen molar-refractivity contribution in [3.05, 3.63) is 93.5 Å². The van der Waals surface area contributed by atoms with Crippen molar-refractivity contribution < 1.29 is 45.8 Å². The van der Waals surface area contributed by atoms with Crippen molar-refractivity contribution in [2.75, 3.05) is 0 Å². The molecule has 3 aromatic rings. The minimum atomic E-state index is -2.36. The van der Waals surface area contributed by atoms with Gasteiger partial charge in [-0.15, -0.1) is 0 Å². The van der Waals surface area contributed by atoms with Crippen LogP contribution in [0.2, 0.25) is 0 Å². The van der Waals surface area contributed by atoms with Crippen LogP contribution in [-0.4, -0.2) is 17.9 Å². The highest BCUT2D eigenvalue weighted by molar-refractivity contribution is 6.15. The largest absolute Gasteiger partial charge is 0.473 e. The predicted octanol–water partition coefficient (Wildman–Crippen LogP) is 6.98. The zero-order valence-electron chi connectivity index (χ0n) is 21.5. The molecule has 5 nitrogen and oxygen atoms in total. The second-order valence-electron chi connectivity index (χ2n) is 10.0. The Labute approximate surface area is 220 Å². The van der Waals surface area contributed by atoms with E-state index in [0.717, 1.165) is 18.1 Å². The van der Waals surface area contributed by atoms with Crippen molar-refractivity contribution >= 4 is 17.8 Å². The third-order valence-corrected chi connectivity index (χ3v) is 6.03. The third kappa shape index (κ3) is 5.36. The molecular weight excluding hydrogens is 523 g/mol. The van der Waals surface area contributed by atoms with Crippen LogP contribution in [0.1, 0.15) is 54.7 Å². The van der Waals surface area contributed by atoms with Gasteiger partial charge in [-0.05, 0) is 48.1 Å². The molecule has 10 heteroatoms. The maximum atomic E-state index is 13.9. The van der Waals surface area contributed by atoms with Gasteiger partial charge in [-0.1, -0.05) is 45.0 Å². The van der Waals surface area contributed by atoms with Gasteiger partial charge in [0.2, 0.25) is 34.9 Å². The number of ether oxygens (including phenoxy) is 3. The summed E-state index contributed by atoms with van der Waals surface area (Å²) in [7, 11) is 0. The lowest BCUT2D eigenvalue weighted by Crippen LogP contribution is -2.29. The van der Waals surface area contributed by atoms with Crippen molar-refractivity contribution in [2.45, 2.75) is 46.1 Å². The Bertz CT molecular complexity index is 1490. The van der Waals surface area contributed by atoms with E-state index in [1.54, 1.807) is 13.0 Å². The molecule has 204 valence electrons. The fourth-order valence-corrected chi connectivity index (χ4v) is 3.88. The third-order valence-electron chi connectivity index (χ3n) is 6.03. The van der Waals surface area contributed by atoms with E-state index in [1.165, 1.54) is 12.1 Å². The van der Waals surface area contributed by atoms with Crippen LogP contribution in [0.4, 0.5) is 22.0 Å². The second-order valence-corrected chi connectivity index (χ2v) is 10.0. The number of esters is 1. The monoisotopic (exact) mass is 546 g/mol. The normalized spacial score (nSPS) is 14.7. The molecule has 0 spiro atoms. The Hall–Kier alpha value is -4.21. The second kappa shape index (κ2) is 10.2. The van der Waals surface area contributed by atoms with Crippen molar-refractivity contribution in [1.82, 2.24) is 0 Å². The van der Waals surface area contributed by atoms with Crippen LogP contribution in [0.15, 0.2) is 42.2 Å². The zero-order valence-corrected chi connectivity index (χ0v) is 21.5. The molecule has 0 bridgehead atoms. The minimum absolute atomic E-state index is 0.0389. The van der Waals surface area contributed by atoms with Gasteiger partial charge < -0.3 is 14.2 Å². The number of ketones is 1. The number of halogens is 5. The summed E-state index contributed by atoms with van der Waals surface area (Å²) in [5, 5.41) is 0. The summed E-state index contributed by atoms with van der Waals surface area (Å²) in [6.07, 6.45) is -0.180. The van der Waals surface area contributed by atoms with E-state index in [9.17, 15) is 31.5 Å². The number of fused-ring (bicyclic) bond motifs is 1. The van der Waals surface area contributed by atoms with E-state index in [1.807, 2.05) is 24.3 Å². The van der Waals surface area contributed by atoms with Crippen LogP contribution in [0.5, 0.6) is 17.2 Å². The molecule has 0 amide bonds. The van der Waals surface area contributed by atoms with Gasteiger partial charge in [0.05, 0.1) is 5.56 Å². The molecule has 0 saturated heterocycles. The summed E-state index contributed by atoms with van der Waals surface area (Å²) in [5.41, 5.74) is 2.50. The highest BCUT2D eigenvalue weighted by Gasteiger charge is 2.32. The minimum Gasteiger partial charge on any atom is -0.473 e. The number of aryl methyl sites for hydroxylation is 1. The van der Waals surface area contributed by atoms with Gasteiger partial charge in [0.1, 0.15) is 11.5 Å². The van der Waals surface area contributed by atoms with E-state index in [-0.39, 0.29) is 34.0 Å². The van der Waals surface area contributed by atoms with Crippen molar-refractivity contribution in [1.29, 1.82) is 0 Å². The average Bonchev–Trinajstić information content (AvgIpc) is 3.18. The first-order chi connectivity index (χ1) is 18.2. The lowest BCUT2D eigenvalue weighted by Gasteiger charge is -2.18. The smallest absolute Gasteiger partial charge is 0.352 e. The zero-order chi connectivity index (χ0) is 28.8. The first-order valence-corrected chi connectivity index (χ1v) is 11.8. The molecule has 0 N–H and O–H groups in total. The molecular formula is C29H23F5O5. The van der Waals surface area contributed by atoms with Gasteiger partial charge in [-0.25, -0.2) is 18.0 Å². The molecule has 1 aliphatic rings. The Morgan fingerprint density at radius 2 is 1.49 bits per heavy atom. The van der Waals surface area contributed by atoms with Gasteiger partial charge in [0.25, 0.3) is 0 Å². The molecule has 0 radical (unpaired) electrons. The van der Waals surface area contributed by atoms with Gasteiger partial charge in [-0.2, -0.15) is 8.78 Å². The van der Waals surface area contributed by atoms with E-state index in [0.29, 0.717) is 5.56 Å². The van der Waals surface area contributed by atoms with Gasteiger partial charge in [0.15, 0.2) is 17.6 Å². The lowest BCUT2D eigenvalue weighted by atomic mass is 9.86. The number of carbonyl (C=O) groups is 2. The van der Waals surface area contributed by atoms with Gasteiger partial charge in [0, 0.05) is 6.07 Å². The summed E-state index contributed by atoms with van der Waals surface area (Å²) in [6.45, 7) is 8.85. The van der Waals surface area contributed by atoms with E-state index >= 15 is 0 Å². The van der Waals surface area contributed by atoms with Crippen LogP contribution >= 0.6 is 0 Å². The quantitative estimate of drug-likeness (QED) is 0.0863. The number of allylic oxidation sites excluding steroid dienone is 1. The number of hydrogen-bond donors (Lipinski definition) is 0. The number of rotatable bonds is 5. The maximum Gasteiger partial charge on any atom is 0.352 e. The Morgan fingerprint density at radius 1 is 0.923 bits per heavy atom. The molecule has 3 aromatic carbocycles. The number of hydrogen-bond acceptors (Lipinski definition) is 5. The van der Waals surface area contributed by atoms with Crippen molar-refractivity contribution in [2.24, 2.45) is 0 Å². The summed E-state index contributed by atoms with van der Waals surface area (Å²) >= 11 is 0. The molecule has 1 unspecified atom stereocenters.